The summed E-state index contributed by atoms with van der Waals surface area (Å²) in [4.78, 5) is 0. The van der Waals surface area contributed by atoms with Crippen LogP contribution in [0.3, 0.4) is 0 Å². The smallest absolute Gasteiger partial charge is 0.403 e. The standard InChI is InChI=1S/C10H11BrF3NO4S/c11-7-2-3-8(9(6-7)19-10(12,13)14)15-20(17,18)5-1-4-16/h2-3,6,15-16H,1,4-5H2. The van der Waals surface area contributed by atoms with Gasteiger partial charge in [-0.1, -0.05) is 15.9 Å². The Kier molecular flexibility index (Phi) is 5.66. The maximum Gasteiger partial charge on any atom is 0.573 e. The van der Waals surface area contributed by atoms with E-state index in [4.69, 9.17) is 5.11 Å². The van der Waals surface area contributed by atoms with E-state index in [0.717, 1.165) is 12.1 Å². The number of anilines is 1. The number of rotatable bonds is 6. The highest BCUT2D eigenvalue weighted by atomic mass is 79.9. The molecule has 0 aliphatic heterocycles. The highest BCUT2D eigenvalue weighted by Crippen LogP contribution is 2.33. The number of alkyl halides is 3. The number of ether oxygens (including phenoxy) is 1. The van der Waals surface area contributed by atoms with E-state index in [1.54, 1.807) is 0 Å². The normalized spacial score (nSPS) is 12.2. The number of benzene rings is 1. The minimum atomic E-state index is -4.94. The molecule has 0 aliphatic carbocycles. The van der Waals surface area contributed by atoms with Gasteiger partial charge in [-0.3, -0.25) is 4.72 Å². The van der Waals surface area contributed by atoms with Gasteiger partial charge in [0, 0.05) is 11.1 Å². The zero-order valence-corrected chi connectivity index (χ0v) is 12.3. The molecule has 1 rings (SSSR count). The minimum Gasteiger partial charge on any atom is -0.403 e. The third-order valence-corrected chi connectivity index (χ3v) is 3.86. The summed E-state index contributed by atoms with van der Waals surface area (Å²) in [7, 11) is -3.86. The summed E-state index contributed by atoms with van der Waals surface area (Å²) < 4.78 is 65.9. The third kappa shape index (κ3) is 5.97. The van der Waals surface area contributed by atoms with Crippen molar-refractivity contribution in [1.82, 2.24) is 0 Å². The van der Waals surface area contributed by atoms with Gasteiger partial charge in [-0.05, 0) is 24.6 Å². The van der Waals surface area contributed by atoms with Gasteiger partial charge < -0.3 is 9.84 Å². The van der Waals surface area contributed by atoms with E-state index in [1.165, 1.54) is 6.07 Å². The van der Waals surface area contributed by atoms with E-state index in [9.17, 15) is 21.6 Å². The average Bonchev–Trinajstić information content (AvgIpc) is 2.28. The van der Waals surface area contributed by atoms with E-state index >= 15 is 0 Å². The van der Waals surface area contributed by atoms with E-state index in [2.05, 4.69) is 20.7 Å². The zero-order valence-electron chi connectivity index (χ0n) is 9.95. The molecule has 0 unspecified atom stereocenters. The van der Waals surface area contributed by atoms with Crippen LogP contribution >= 0.6 is 15.9 Å². The quantitative estimate of drug-likeness (QED) is 0.798. The van der Waals surface area contributed by atoms with Crippen molar-refractivity contribution in [2.45, 2.75) is 12.8 Å². The number of hydrogen-bond donors (Lipinski definition) is 2. The number of halogens is 4. The lowest BCUT2D eigenvalue weighted by Gasteiger charge is -2.15. The summed E-state index contributed by atoms with van der Waals surface area (Å²) >= 11 is 2.97. The van der Waals surface area contributed by atoms with Crippen molar-refractivity contribution < 1.29 is 31.4 Å². The van der Waals surface area contributed by atoms with Gasteiger partial charge in [0.25, 0.3) is 0 Å². The van der Waals surface area contributed by atoms with Crippen LogP contribution in [0, 0.1) is 0 Å². The maximum atomic E-state index is 12.2. The third-order valence-electron chi connectivity index (χ3n) is 2.01. The number of aliphatic hydroxyl groups excluding tert-OH is 1. The molecule has 0 amide bonds. The second-order valence-corrected chi connectivity index (χ2v) is 6.44. The van der Waals surface area contributed by atoms with E-state index in [-0.39, 0.29) is 18.7 Å². The first-order valence-electron chi connectivity index (χ1n) is 5.29. The van der Waals surface area contributed by atoms with Gasteiger partial charge in [0.15, 0.2) is 5.75 Å². The van der Waals surface area contributed by atoms with Crippen molar-refractivity contribution in [3.63, 3.8) is 0 Å². The van der Waals surface area contributed by atoms with Gasteiger partial charge in [0.1, 0.15) is 0 Å². The molecule has 0 radical (unpaired) electrons. The molecule has 1 aromatic carbocycles. The molecule has 0 heterocycles. The molecule has 10 heteroatoms. The Morgan fingerprint density at radius 3 is 2.55 bits per heavy atom. The molecule has 0 atom stereocenters. The van der Waals surface area contributed by atoms with Gasteiger partial charge >= 0.3 is 6.36 Å². The molecule has 0 saturated carbocycles. The Balaban J connectivity index is 3.00. The molecule has 0 bridgehead atoms. The first-order chi connectivity index (χ1) is 9.13. The van der Waals surface area contributed by atoms with Crippen LogP contribution < -0.4 is 9.46 Å². The maximum absolute atomic E-state index is 12.2. The van der Waals surface area contributed by atoms with Crippen LogP contribution in [0.1, 0.15) is 6.42 Å². The minimum absolute atomic E-state index is 0.0265. The molecule has 2 N–H and O–H groups in total. The molecule has 0 aromatic heterocycles. The summed E-state index contributed by atoms with van der Waals surface area (Å²) in [6.07, 6.45) is -4.96. The summed E-state index contributed by atoms with van der Waals surface area (Å²) in [5.74, 6) is -1.08. The summed E-state index contributed by atoms with van der Waals surface area (Å²) in [5.41, 5.74) is -0.330. The molecule has 0 saturated heterocycles. The number of aliphatic hydroxyl groups is 1. The van der Waals surface area contributed by atoms with Gasteiger partial charge in [0.2, 0.25) is 10.0 Å². The Morgan fingerprint density at radius 1 is 1.35 bits per heavy atom. The van der Waals surface area contributed by atoms with Crippen LogP contribution in [0.4, 0.5) is 18.9 Å². The molecule has 20 heavy (non-hydrogen) atoms. The fraction of sp³-hybridized carbons (Fsp3) is 0.400. The Hall–Kier alpha value is -1.00. The van der Waals surface area contributed by atoms with Gasteiger partial charge in [0.05, 0.1) is 11.4 Å². The fourth-order valence-corrected chi connectivity index (χ4v) is 2.72. The van der Waals surface area contributed by atoms with Crippen LogP contribution in [0.2, 0.25) is 0 Å². The van der Waals surface area contributed by atoms with Crippen LogP contribution in [0.25, 0.3) is 0 Å². The van der Waals surface area contributed by atoms with E-state index < -0.39 is 27.9 Å². The Labute approximate surface area is 121 Å². The van der Waals surface area contributed by atoms with Crippen LogP contribution in [0.15, 0.2) is 22.7 Å². The highest BCUT2D eigenvalue weighted by molar-refractivity contribution is 9.10. The lowest BCUT2D eigenvalue weighted by molar-refractivity contribution is -0.274. The average molecular weight is 378 g/mol. The van der Waals surface area contributed by atoms with Crippen molar-refractivity contribution >= 4 is 31.6 Å². The summed E-state index contributed by atoms with van der Waals surface area (Å²) in [6, 6.07) is 3.51. The van der Waals surface area contributed by atoms with Crippen molar-refractivity contribution in [2.24, 2.45) is 0 Å². The van der Waals surface area contributed by atoms with Gasteiger partial charge in [-0.25, -0.2) is 8.42 Å². The van der Waals surface area contributed by atoms with E-state index in [1.807, 2.05) is 4.72 Å². The predicted molar refractivity (Wildman–Crippen MR) is 69.9 cm³/mol. The lowest BCUT2D eigenvalue weighted by Crippen LogP contribution is -2.21. The topological polar surface area (TPSA) is 75.6 Å². The fourth-order valence-electron chi connectivity index (χ4n) is 1.26. The van der Waals surface area contributed by atoms with Crippen molar-refractivity contribution in [3.05, 3.63) is 22.7 Å². The first-order valence-corrected chi connectivity index (χ1v) is 7.74. The van der Waals surface area contributed by atoms with Crippen molar-refractivity contribution in [1.29, 1.82) is 0 Å². The van der Waals surface area contributed by atoms with E-state index in [0.29, 0.717) is 4.47 Å². The summed E-state index contributed by atoms with van der Waals surface area (Å²) in [5, 5.41) is 8.57. The van der Waals surface area contributed by atoms with Crippen molar-refractivity contribution in [2.75, 3.05) is 17.1 Å². The molecular weight excluding hydrogens is 367 g/mol. The first kappa shape index (κ1) is 17.1. The molecule has 114 valence electrons. The Morgan fingerprint density at radius 2 is 2.00 bits per heavy atom. The SMILES string of the molecule is O=S(=O)(CCCO)Nc1ccc(Br)cc1OC(F)(F)F. The summed E-state index contributed by atoms with van der Waals surface area (Å²) in [6.45, 7) is -0.340. The largest absolute Gasteiger partial charge is 0.573 e. The second kappa shape index (κ2) is 6.64. The molecule has 0 spiro atoms. The highest BCUT2D eigenvalue weighted by Gasteiger charge is 2.32. The Bertz CT molecular complexity index is 562. The number of hydrogen-bond acceptors (Lipinski definition) is 4. The predicted octanol–water partition coefficient (Wildman–Crippen LogP) is 2.47. The number of nitrogens with one attached hydrogen (secondary N) is 1. The number of sulfonamides is 1. The van der Waals surface area contributed by atoms with Gasteiger partial charge in [-0.15, -0.1) is 13.2 Å². The van der Waals surface area contributed by atoms with Gasteiger partial charge in [-0.2, -0.15) is 0 Å². The lowest BCUT2D eigenvalue weighted by atomic mass is 10.3. The second-order valence-electron chi connectivity index (χ2n) is 3.69. The van der Waals surface area contributed by atoms with Crippen LogP contribution in [0.5, 0.6) is 5.75 Å². The zero-order chi connectivity index (χ0) is 15.4. The molecule has 1 aromatic rings. The van der Waals surface area contributed by atoms with Crippen LogP contribution in [-0.2, 0) is 10.0 Å². The molecule has 0 fully saturated rings. The molecular formula is C10H11BrF3NO4S. The van der Waals surface area contributed by atoms with Crippen molar-refractivity contribution in [3.8, 4) is 5.75 Å². The molecule has 0 aliphatic rings. The molecule has 5 nitrogen and oxygen atoms in total. The monoisotopic (exact) mass is 377 g/mol. The van der Waals surface area contributed by atoms with Crippen LogP contribution in [-0.4, -0.2) is 32.2 Å².